The Labute approximate surface area is 177 Å². The second-order valence-electron chi connectivity index (χ2n) is 6.37. The van der Waals surface area contributed by atoms with E-state index in [1.165, 1.54) is 11.3 Å². The van der Waals surface area contributed by atoms with Gasteiger partial charge in [-0.15, -0.1) is 11.3 Å². The summed E-state index contributed by atoms with van der Waals surface area (Å²) in [6.45, 7) is 0.474. The summed E-state index contributed by atoms with van der Waals surface area (Å²) in [5.74, 6) is -0.468. The van der Waals surface area contributed by atoms with Gasteiger partial charge in [-0.1, -0.05) is 17.7 Å². The highest BCUT2D eigenvalue weighted by atomic mass is 35.5. The minimum atomic E-state index is -0.250. The van der Waals surface area contributed by atoms with E-state index in [0.717, 1.165) is 5.56 Å². The van der Waals surface area contributed by atoms with Gasteiger partial charge in [-0.3, -0.25) is 9.59 Å². The van der Waals surface area contributed by atoms with E-state index in [4.69, 9.17) is 11.6 Å². The van der Waals surface area contributed by atoms with Gasteiger partial charge in [0.2, 0.25) is 0 Å². The topological polar surface area (TPSA) is 61.4 Å². The van der Waals surface area contributed by atoms with Crippen LogP contribution in [0.2, 0.25) is 5.02 Å². The van der Waals surface area contributed by atoms with Crippen LogP contribution in [0.3, 0.4) is 0 Å². The number of nitrogens with zero attached hydrogens (tertiary/aromatic N) is 1. The summed E-state index contributed by atoms with van der Waals surface area (Å²) in [7, 11) is 3.96. The molecule has 0 radical (unpaired) electrons. The highest BCUT2D eigenvalue weighted by Crippen LogP contribution is 2.25. The molecule has 146 valence electrons. The van der Waals surface area contributed by atoms with Gasteiger partial charge in [0.25, 0.3) is 11.8 Å². The zero-order valence-corrected chi connectivity index (χ0v) is 17.8. The molecule has 0 spiro atoms. The van der Waals surface area contributed by atoms with Crippen molar-refractivity contribution in [2.45, 2.75) is 6.04 Å². The van der Waals surface area contributed by atoms with Gasteiger partial charge in [0.05, 0.1) is 21.6 Å². The fraction of sp³-hybridized carbons (Fsp3) is 0.200. The molecule has 5 nitrogen and oxygen atoms in total. The number of anilines is 1. The van der Waals surface area contributed by atoms with Crippen molar-refractivity contribution < 1.29 is 9.59 Å². The number of carbonyl (C=O) groups excluding carboxylic acids is 2. The van der Waals surface area contributed by atoms with E-state index in [-0.39, 0.29) is 17.9 Å². The van der Waals surface area contributed by atoms with Gasteiger partial charge in [-0.2, -0.15) is 11.3 Å². The summed E-state index contributed by atoms with van der Waals surface area (Å²) in [5.41, 5.74) is 2.01. The molecule has 0 saturated carbocycles. The first-order valence-corrected chi connectivity index (χ1v) is 10.8. The molecule has 1 atom stereocenters. The first-order chi connectivity index (χ1) is 13.5. The van der Waals surface area contributed by atoms with Crippen LogP contribution in [0.5, 0.6) is 0 Å². The number of amides is 2. The van der Waals surface area contributed by atoms with Crippen LogP contribution < -0.4 is 10.6 Å². The van der Waals surface area contributed by atoms with Gasteiger partial charge < -0.3 is 15.5 Å². The molecule has 2 aromatic heterocycles. The zero-order chi connectivity index (χ0) is 20.1. The Hall–Kier alpha value is -2.19. The SMILES string of the molecule is CN(C)[C@@H](CNC(=O)c1ccc(Cl)c(NC(=O)c2cccs2)c1)c1ccsc1. The van der Waals surface area contributed by atoms with Crippen molar-refractivity contribution >= 4 is 51.8 Å². The Morgan fingerprint density at radius 1 is 1.14 bits per heavy atom. The summed E-state index contributed by atoms with van der Waals surface area (Å²) in [6, 6.07) is 10.5. The van der Waals surface area contributed by atoms with E-state index in [2.05, 4.69) is 27.0 Å². The standard InChI is InChI=1S/C20H20ClN3O2S2/c1-24(2)17(14-7-9-27-12-14)11-22-19(25)13-5-6-15(21)16(10-13)23-20(26)18-4-3-8-28-18/h3-10,12,17H,11H2,1-2H3,(H,22,25)(H,23,26)/t17-/m0/s1. The Bertz CT molecular complexity index is 941. The molecule has 2 N–H and O–H groups in total. The van der Waals surface area contributed by atoms with Crippen LogP contribution in [0.4, 0.5) is 5.69 Å². The Morgan fingerprint density at radius 2 is 1.96 bits per heavy atom. The van der Waals surface area contributed by atoms with Crippen LogP contribution in [-0.4, -0.2) is 37.4 Å². The van der Waals surface area contributed by atoms with Crippen molar-refractivity contribution in [2.24, 2.45) is 0 Å². The van der Waals surface area contributed by atoms with E-state index in [9.17, 15) is 9.59 Å². The van der Waals surface area contributed by atoms with E-state index in [1.54, 1.807) is 41.7 Å². The number of nitrogens with one attached hydrogen (secondary N) is 2. The lowest BCUT2D eigenvalue weighted by Gasteiger charge is -2.24. The Morgan fingerprint density at radius 3 is 2.61 bits per heavy atom. The zero-order valence-electron chi connectivity index (χ0n) is 15.4. The first kappa shape index (κ1) is 20.5. The molecule has 0 bridgehead atoms. The number of rotatable bonds is 7. The van der Waals surface area contributed by atoms with E-state index >= 15 is 0 Å². The molecular weight excluding hydrogens is 414 g/mol. The molecule has 1 aromatic carbocycles. The van der Waals surface area contributed by atoms with Crippen molar-refractivity contribution in [3.05, 3.63) is 73.6 Å². The monoisotopic (exact) mass is 433 g/mol. The van der Waals surface area contributed by atoms with Gasteiger partial charge in [-0.05, 0) is 66.1 Å². The highest BCUT2D eigenvalue weighted by Gasteiger charge is 2.17. The third kappa shape index (κ3) is 4.99. The maximum absolute atomic E-state index is 12.6. The fourth-order valence-corrected chi connectivity index (χ4v) is 4.20. The van der Waals surface area contributed by atoms with Crippen LogP contribution in [0.25, 0.3) is 0 Å². The molecule has 28 heavy (non-hydrogen) atoms. The van der Waals surface area contributed by atoms with E-state index < -0.39 is 0 Å². The lowest BCUT2D eigenvalue weighted by atomic mass is 10.1. The molecule has 0 saturated heterocycles. The second-order valence-corrected chi connectivity index (χ2v) is 8.51. The smallest absolute Gasteiger partial charge is 0.265 e. The van der Waals surface area contributed by atoms with Gasteiger partial charge in [-0.25, -0.2) is 0 Å². The third-order valence-electron chi connectivity index (χ3n) is 4.23. The molecule has 2 heterocycles. The number of benzene rings is 1. The second kappa shape index (κ2) is 9.34. The van der Waals surface area contributed by atoms with Crippen LogP contribution in [0.15, 0.2) is 52.5 Å². The minimum absolute atomic E-state index is 0.0838. The number of likely N-dealkylation sites (N-methyl/N-ethyl adjacent to an activating group) is 1. The average Bonchev–Trinajstić information content (AvgIpc) is 3.37. The van der Waals surface area contributed by atoms with E-state index in [1.807, 2.05) is 24.9 Å². The molecule has 0 aliphatic carbocycles. The highest BCUT2D eigenvalue weighted by molar-refractivity contribution is 7.12. The molecule has 0 aliphatic heterocycles. The molecular formula is C20H20ClN3O2S2. The molecule has 3 rings (SSSR count). The van der Waals surface area contributed by atoms with Gasteiger partial charge in [0.1, 0.15) is 0 Å². The summed E-state index contributed by atoms with van der Waals surface area (Å²) in [4.78, 5) is 27.5. The number of hydrogen-bond acceptors (Lipinski definition) is 5. The molecule has 3 aromatic rings. The summed E-state index contributed by atoms with van der Waals surface area (Å²) < 4.78 is 0. The van der Waals surface area contributed by atoms with Gasteiger partial charge in [0.15, 0.2) is 0 Å². The normalized spacial score (nSPS) is 12.0. The molecule has 0 aliphatic rings. The lowest BCUT2D eigenvalue weighted by Crippen LogP contribution is -2.34. The minimum Gasteiger partial charge on any atom is -0.350 e. The Kier molecular flexibility index (Phi) is 6.85. The van der Waals surface area contributed by atoms with Crippen molar-refractivity contribution in [1.82, 2.24) is 10.2 Å². The summed E-state index contributed by atoms with van der Waals surface area (Å²) in [6.07, 6.45) is 0. The van der Waals surface area contributed by atoms with Gasteiger partial charge in [0, 0.05) is 12.1 Å². The van der Waals surface area contributed by atoms with Crippen molar-refractivity contribution in [1.29, 1.82) is 0 Å². The van der Waals surface area contributed by atoms with Crippen LogP contribution in [-0.2, 0) is 0 Å². The summed E-state index contributed by atoms with van der Waals surface area (Å²) >= 11 is 9.17. The molecule has 0 unspecified atom stereocenters. The van der Waals surface area contributed by atoms with Crippen molar-refractivity contribution in [3.8, 4) is 0 Å². The third-order valence-corrected chi connectivity index (χ3v) is 6.13. The maximum Gasteiger partial charge on any atom is 0.265 e. The van der Waals surface area contributed by atoms with E-state index in [0.29, 0.717) is 27.7 Å². The number of hydrogen-bond donors (Lipinski definition) is 2. The number of halogens is 1. The maximum atomic E-state index is 12.6. The Balaban J connectivity index is 1.69. The molecule has 0 fully saturated rings. The quantitative estimate of drug-likeness (QED) is 0.565. The number of thiophene rings is 2. The molecule has 8 heteroatoms. The van der Waals surface area contributed by atoms with Gasteiger partial charge >= 0.3 is 0 Å². The predicted molar refractivity (Wildman–Crippen MR) is 117 cm³/mol. The molecule has 2 amide bonds. The lowest BCUT2D eigenvalue weighted by molar-refractivity contribution is 0.0940. The van der Waals surface area contributed by atoms with Crippen LogP contribution in [0.1, 0.15) is 31.6 Å². The summed E-state index contributed by atoms with van der Waals surface area (Å²) in [5, 5.41) is 12.0. The average molecular weight is 434 g/mol. The predicted octanol–water partition coefficient (Wildman–Crippen LogP) is 4.75. The van der Waals surface area contributed by atoms with Crippen LogP contribution >= 0.6 is 34.3 Å². The largest absolute Gasteiger partial charge is 0.350 e. The van der Waals surface area contributed by atoms with Crippen LogP contribution in [0, 0.1) is 0 Å². The number of carbonyl (C=O) groups is 2. The van der Waals surface area contributed by atoms with Crippen molar-refractivity contribution in [3.63, 3.8) is 0 Å². The van der Waals surface area contributed by atoms with Crippen molar-refractivity contribution in [2.75, 3.05) is 26.0 Å². The fourth-order valence-electron chi connectivity index (χ4n) is 2.71. The first-order valence-electron chi connectivity index (χ1n) is 8.57.